The summed E-state index contributed by atoms with van der Waals surface area (Å²) in [6, 6.07) is 16.2. The van der Waals surface area contributed by atoms with Crippen LogP contribution in [-0.4, -0.2) is 41.2 Å². The zero-order valence-corrected chi connectivity index (χ0v) is 21.0. The molecule has 0 aromatic heterocycles. The average molecular weight is 468 g/mol. The summed E-state index contributed by atoms with van der Waals surface area (Å²) in [6.07, 6.45) is 3.46. The van der Waals surface area contributed by atoms with Crippen molar-refractivity contribution in [3.63, 3.8) is 0 Å². The number of para-hydroxylation sites is 2. The smallest absolute Gasteiger partial charge is 0.255 e. The van der Waals surface area contributed by atoms with E-state index < -0.39 is 5.79 Å². The quantitative estimate of drug-likeness (QED) is 0.440. The van der Waals surface area contributed by atoms with E-state index in [1.807, 2.05) is 36.4 Å². The minimum Gasteiger partial charge on any atom is -0.491 e. The summed E-state index contributed by atoms with van der Waals surface area (Å²) in [7, 11) is 0. The number of hydrogen-bond acceptors (Lipinski definition) is 6. The van der Waals surface area contributed by atoms with Crippen LogP contribution in [0, 0.1) is 0 Å². The molecule has 5 rings (SSSR count). The number of nitrogens with zero attached hydrogens (tertiary/aromatic N) is 1. The minimum atomic E-state index is -0.674. The molecule has 0 aliphatic carbocycles. The molecule has 184 valence electrons. The monoisotopic (exact) mass is 467 g/mol. The second-order valence-corrected chi connectivity index (χ2v) is 10.5. The van der Waals surface area contributed by atoms with Crippen molar-refractivity contribution in [1.29, 1.82) is 0 Å². The number of fused-ring (bicyclic) bond motifs is 1. The largest absolute Gasteiger partial charge is 0.491 e. The van der Waals surface area contributed by atoms with E-state index in [-0.39, 0.29) is 23.3 Å². The molecule has 3 aliphatic rings. The second kappa shape index (κ2) is 8.74. The van der Waals surface area contributed by atoms with Crippen LogP contribution in [-0.2, 0) is 9.57 Å². The molecule has 2 aromatic rings. The van der Waals surface area contributed by atoms with Gasteiger partial charge in [-0.1, -0.05) is 38.1 Å². The topological polar surface area (TPSA) is 52.7 Å². The molecule has 2 fully saturated rings. The molecule has 2 unspecified atom stereocenters. The van der Waals surface area contributed by atoms with Gasteiger partial charge in [0.1, 0.15) is 24.6 Å². The third-order valence-corrected chi connectivity index (χ3v) is 7.49. The van der Waals surface area contributed by atoms with Crippen molar-refractivity contribution < 1.29 is 23.8 Å². The lowest BCUT2D eigenvalue weighted by Crippen LogP contribution is -2.69. The van der Waals surface area contributed by atoms with Gasteiger partial charge in [-0.15, -0.1) is 0 Å². The zero-order valence-electron chi connectivity index (χ0n) is 21.0. The first kappa shape index (κ1) is 23.5. The highest BCUT2D eigenvalue weighted by Crippen LogP contribution is 2.54. The van der Waals surface area contributed by atoms with Crippen molar-refractivity contribution in [2.75, 3.05) is 13.2 Å². The molecule has 6 heteroatoms. The second-order valence-electron chi connectivity index (χ2n) is 10.5. The molecule has 3 aliphatic heterocycles. The number of benzene rings is 2. The number of rotatable bonds is 8. The molecular formula is C28H37NO5. The van der Waals surface area contributed by atoms with Gasteiger partial charge < -0.3 is 18.9 Å². The van der Waals surface area contributed by atoms with Gasteiger partial charge in [0.25, 0.3) is 5.79 Å². The van der Waals surface area contributed by atoms with E-state index in [9.17, 15) is 0 Å². The van der Waals surface area contributed by atoms with Crippen molar-refractivity contribution in [1.82, 2.24) is 5.06 Å². The number of hydroxylamine groups is 2. The number of epoxide rings is 1. The van der Waals surface area contributed by atoms with Crippen LogP contribution in [0.15, 0.2) is 48.5 Å². The molecule has 0 radical (unpaired) electrons. The van der Waals surface area contributed by atoms with Crippen molar-refractivity contribution in [3.05, 3.63) is 54.1 Å². The van der Waals surface area contributed by atoms with Crippen LogP contribution in [0.4, 0.5) is 0 Å². The van der Waals surface area contributed by atoms with Crippen molar-refractivity contribution >= 4 is 0 Å². The highest BCUT2D eigenvalue weighted by atomic mass is 16.7. The summed E-state index contributed by atoms with van der Waals surface area (Å²) in [4.78, 5) is 6.78. The number of hydrogen-bond donors (Lipinski definition) is 0. The SMILES string of the molecule is CCC1(CC)CC2(CC(C)(C)N1OC(C)c1ccc(OCC3CO3)cc1)Oc1ccccc1O2. The molecule has 0 amide bonds. The lowest BCUT2D eigenvalue weighted by Gasteiger charge is -2.58. The number of ether oxygens (including phenoxy) is 4. The summed E-state index contributed by atoms with van der Waals surface area (Å²) < 4.78 is 24.0. The van der Waals surface area contributed by atoms with E-state index in [0.29, 0.717) is 13.0 Å². The maximum absolute atomic E-state index is 6.78. The van der Waals surface area contributed by atoms with Gasteiger partial charge in [-0.3, -0.25) is 4.84 Å². The van der Waals surface area contributed by atoms with Crippen molar-refractivity contribution in [2.24, 2.45) is 0 Å². The molecule has 0 saturated carbocycles. The van der Waals surface area contributed by atoms with Gasteiger partial charge in [0.15, 0.2) is 11.5 Å². The summed E-state index contributed by atoms with van der Waals surface area (Å²) in [6.45, 7) is 12.5. The fourth-order valence-corrected chi connectivity index (χ4v) is 5.64. The van der Waals surface area contributed by atoms with Gasteiger partial charge in [-0.25, -0.2) is 0 Å². The van der Waals surface area contributed by atoms with E-state index in [1.54, 1.807) is 0 Å². The zero-order chi connectivity index (χ0) is 24.0. The van der Waals surface area contributed by atoms with Gasteiger partial charge in [-0.2, -0.15) is 5.06 Å². The molecular weight excluding hydrogens is 430 g/mol. The van der Waals surface area contributed by atoms with Crippen LogP contribution >= 0.6 is 0 Å². The molecule has 0 N–H and O–H groups in total. The predicted octanol–water partition coefficient (Wildman–Crippen LogP) is 6.06. The van der Waals surface area contributed by atoms with Crippen molar-refractivity contribution in [3.8, 4) is 17.2 Å². The molecule has 3 heterocycles. The Kier molecular flexibility index (Phi) is 6.03. The van der Waals surface area contributed by atoms with Gasteiger partial charge >= 0.3 is 0 Å². The Morgan fingerprint density at radius 3 is 2.15 bits per heavy atom. The fraction of sp³-hybridized carbons (Fsp3) is 0.571. The third-order valence-electron chi connectivity index (χ3n) is 7.49. The Labute approximate surface area is 203 Å². The fourth-order valence-electron chi connectivity index (χ4n) is 5.64. The van der Waals surface area contributed by atoms with Crippen LogP contribution < -0.4 is 14.2 Å². The Morgan fingerprint density at radius 2 is 1.59 bits per heavy atom. The van der Waals surface area contributed by atoms with E-state index in [0.717, 1.165) is 48.7 Å². The van der Waals surface area contributed by atoms with E-state index >= 15 is 0 Å². The first-order chi connectivity index (χ1) is 16.3. The van der Waals surface area contributed by atoms with Crippen LogP contribution in [0.5, 0.6) is 17.2 Å². The maximum Gasteiger partial charge on any atom is 0.255 e. The van der Waals surface area contributed by atoms with Crippen LogP contribution in [0.25, 0.3) is 0 Å². The third kappa shape index (κ3) is 4.39. The van der Waals surface area contributed by atoms with Gasteiger partial charge in [0, 0.05) is 18.4 Å². The molecule has 2 atom stereocenters. The normalized spacial score (nSPS) is 24.7. The summed E-state index contributed by atoms with van der Waals surface area (Å²) >= 11 is 0. The van der Waals surface area contributed by atoms with Crippen LogP contribution in [0.3, 0.4) is 0 Å². The molecule has 2 saturated heterocycles. The molecule has 6 nitrogen and oxygen atoms in total. The first-order valence-corrected chi connectivity index (χ1v) is 12.6. The molecule has 0 bridgehead atoms. The van der Waals surface area contributed by atoms with Crippen molar-refractivity contribution in [2.45, 2.75) is 89.4 Å². The van der Waals surface area contributed by atoms with E-state index in [2.05, 4.69) is 51.8 Å². The van der Waals surface area contributed by atoms with Crippen LogP contribution in [0.1, 0.15) is 72.0 Å². The van der Waals surface area contributed by atoms with E-state index in [1.165, 1.54) is 0 Å². The Hall–Kier alpha value is -2.28. The lowest BCUT2D eigenvalue weighted by molar-refractivity contribution is -0.346. The first-order valence-electron chi connectivity index (χ1n) is 12.6. The lowest BCUT2D eigenvalue weighted by atomic mass is 9.73. The summed E-state index contributed by atoms with van der Waals surface area (Å²) in [5, 5.41) is 2.25. The van der Waals surface area contributed by atoms with Gasteiger partial charge in [-0.05, 0) is 63.4 Å². The van der Waals surface area contributed by atoms with E-state index in [4.69, 9.17) is 23.8 Å². The standard InChI is InChI=1S/C28H37NO5/c1-6-27(7-2)19-28(32-24-10-8-9-11-25(24)33-28)18-26(4,5)29(27)34-20(3)21-12-14-22(15-13-21)30-16-23-17-31-23/h8-15,20,23H,6-7,16-19H2,1-5H3. The van der Waals surface area contributed by atoms with Gasteiger partial charge in [0.2, 0.25) is 0 Å². The van der Waals surface area contributed by atoms with Gasteiger partial charge in [0.05, 0.1) is 12.1 Å². The Morgan fingerprint density at radius 1 is 0.971 bits per heavy atom. The number of piperidine rings is 1. The predicted molar refractivity (Wildman–Crippen MR) is 130 cm³/mol. The molecule has 34 heavy (non-hydrogen) atoms. The highest BCUT2D eigenvalue weighted by Gasteiger charge is 2.60. The molecule has 1 spiro atoms. The van der Waals surface area contributed by atoms with Crippen LogP contribution in [0.2, 0.25) is 0 Å². The Balaban J connectivity index is 1.34. The maximum atomic E-state index is 6.78. The summed E-state index contributed by atoms with van der Waals surface area (Å²) in [5.74, 6) is 1.85. The minimum absolute atomic E-state index is 0.103. The molecule has 2 aromatic carbocycles. The average Bonchev–Trinajstić information content (AvgIpc) is 3.59. The Bertz CT molecular complexity index is 971. The highest BCUT2D eigenvalue weighted by molar-refractivity contribution is 5.43. The summed E-state index contributed by atoms with van der Waals surface area (Å²) in [5.41, 5.74) is 0.604.